The van der Waals surface area contributed by atoms with Crippen molar-refractivity contribution in [2.75, 3.05) is 5.32 Å². The number of hydrogen-bond acceptors (Lipinski definition) is 4. The molecule has 22 heavy (non-hydrogen) atoms. The number of nitrogens with one attached hydrogen (secondary N) is 1. The summed E-state index contributed by atoms with van der Waals surface area (Å²) in [6.07, 6.45) is 0.181. The second-order valence-electron chi connectivity index (χ2n) is 4.62. The van der Waals surface area contributed by atoms with Gasteiger partial charge in [-0.05, 0) is 43.7 Å². The SMILES string of the molecule is CCc1cc(C#N)c(NC(=O)C(C)Oc2ccc(Br)cc2)s1. The summed E-state index contributed by atoms with van der Waals surface area (Å²) in [5.41, 5.74) is 0.492. The van der Waals surface area contributed by atoms with Crippen molar-refractivity contribution in [2.24, 2.45) is 0 Å². The van der Waals surface area contributed by atoms with Gasteiger partial charge in [-0.2, -0.15) is 5.26 Å². The van der Waals surface area contributed by atoms with E-state index in [-0.39, 0.29) is 5.91 Å². The van der Waals surface area contributed by atoms with Crippen LogP contribution in [-0.2, 0) is 11.2 Å². The molecule has 2 aromatic rings. The summed E-state index contributed by atoms with van der Waals surface area (Å²) in [7, 11) is 0. The van der Waals surface area contributed by atoms with E-state index < -0.39 is 6.10 Å². The van der Waals surface area contributed by atoms with E-state index in [1.54, 1.807) is 25.1 Å². The zero-order valence-electron chi connectivity index (χ0n) is 12.2. The van der Waals surface area contributed by atoms with Crippen LogP contribution in [0.4, 0.5) is 5.00 Å². The van der Waals surface area contributed by atoms with Crippen molar-refractivity contribution in [2.45, 2.75) is 26.4 Å². The number of ether oxygens (including phenoxy) is 1. The number of benzene rings is 1. The number of halogens is 1. The summed E-state index contributed by atoms with van der Waals surface area (Å²) in [5.74, 6) is 0.343. The van der Waals surface area contributed by atoms with Crippen LogP contribution in [0.5, 0.6) is 5.75 Å². The molecule has 0 aliphatic heterocycles. The number of nitrogens with zero attached hydrogens (tertiary/aromatic N) is 1. The Hall–Kier alpha value is -1.84. The van der Waals surface area contributed by atoms with Crippen LogP contribution >= 0.6 is 27.3 Å². The van der Waals surface area contributed by atoms with Crippen molar-refractivity contribution in [3.63, 3.8) is 0 Å². The van der Waals surface area contributed by atoms with Gasteiger partial charge in [0, 0.05) is 9.35 Å². The van der Waals surface area contributed by atoms with Gasteiger partial charge < -0.3 is 10.1 Å². The predicted octanol–water partition coefficient (Wildman–Crippen LogP) is 4.35. The Balaban J connectivity index is 2.04. The maximum absolute atomic E-state index is 12.2. The highest BCUT2D eigenvalue weighted by atomic mass is 79.9. The number of nitriles is 1. The van der Waals surface area contributed by atoms with Crippen LogP contribution in [0.3, 0.4) is 0 Å². The molecule has 0 aliphatic carbocycles. The van der Waals surface area contributed by atoms with E-state index in [2.05, 4.69) is 27.3 Å². The average Bonchev–Trinajstić information content (AvgIpc) is 2.91. The zero-order valence-corrected chi connectivity index (χ0v) is 14.6. The average molecular weight is 379 g/mol. The monoisotopic (exact) mass is 378 g/mol. The summed E-state index contributed by atoms with van der Waals surface area (Å²) in [6.45, 7) is 3.69. The Morgan fingerprint density at radius 1 is 1.45 bits per heavy atom. The van der Waals surface area contributed by atoms with Gasteiger partial charge in [-0.1, -0.05) is 22.9 Å². The number of carbonyl (C=O) groups is 1. The lowest BCUT2D eigenvalue weighted by Gasteiger charge is -2.14. The fraction of sp³-hybridized carbons (Fsp3) is 0.250. The third kappa shape index (κ3) is 4.09. The molecule has 0 aliphatic rings. The molecule has 1 aromatic heterocycles. The molecular weight excluding hydrogens is 364 g/mol. The highest BCUT2D eigenvalue weighted by Crippen LogP contribution is 2.28. The molecule has 6 heteroatoms. The zero-order chi connectivity index (χ0) is 16.1. The Morgan fingerprint density at radius 2 is 2.14 bits per heavy atom. The Kier molecular flexibility index (Phi) is 5.58. The molecule has 1 heterocycles. The fourth-order valence-electron chi connectivity index (χ4n) is 1.78. The van der Waals surface area contributed by atoms with E-state index in [1.165, 1.54) is 11.3 Å². The highest BCUT2D eigenvalue weighted by molar-refractivity contribution is 9.10. The molecule has 0 bridgehead atoms. The second-order valence-corrected chi connectivity index (χ2v) is 6.68. The molecule has 2 rings (SSSR count). The van der Waals surface area contributed by atoms with Crippen LogP contribution in [0, 0.1) is 11.3 Å². The van der Waals surface area contributed by atoms with Crippen LogP contribution in [-0.4, -0.2) is 12.0 Å². The second kappa shape index (κ2) is 7.43. The molecule has 1 atom stereocenters. The van der Waals surface area contributed by atoms with Crippen molar-refractivity contribution in [1.29, 1.82) is 5.26 Å². The van der Waals surface area contributed by atoms with Crippen LogP contribution in [0.2, 0.25) is 0 Å². The van der Waals surface area contributed by atoms with Crippen LogP contribution < -0.4 is 10.1 Å². The number of hydrogen-bond donors (Lipinski definition) is 1. The summed E-state index contributed by atoms with van der Waals surface area (Å²) in [6, 6.07) is 11.2. The highest BCUT2D eigenvalue weighted by Gasteiger charge is 2.18. The minimum atomic E-state index is -0.653. The molecule has 1 unspecified atom stereocenters. The van der Waals surface area contributed by atoms with Gasteiger partial charge in [0.05, 0.1) is 5.56 Å². The van der Waals surface area contributed by atoms with Crippen molar-refractivity contribution in [3.05, 3.63) is 45.2 Å². The molecule has 1 amide bonds. The number of amides is 1. The van der Waals surface area contributed by atoms with Crippen LogP contribution in [0.15, 0.2) is 34.8 Å². The maximum atomic E-state index is 12.2. The number of aryl methyl sites for hydroxylation is 1. The van der Waals surface area contributed by atoms with Gasteiger partial charge in [0.1, 0.15) is 16.8 Å². The Morgan fingerprint density at radius 3 is 2.73 bits per heavy atom. The number of anilines is 1. The molecule has 0 radical (unpaired) electrons. The topological polar surface area (TPSA) is 62.1 Å². The van der Waals surface area contributed by atoms with Gasteiger partial charge in [0.25, 0.3) is 5.91 Å². The van der Waals surface area contributed by atoms with Crippen LogP contribution in [0.1, 0.15) is 24.3 Å². The first-order valence-electron chi connectivity index (χ1n) is 6.79. The molecule has 114 valence electrons. The van der Waals surface area contributed by atoms with E-state index >= 15 is 0 Å². The predicted molar refractivity (Wildman–Crippen MR) is 91.3 cm³/mol. The Labute approximate surface area is 141 Å². The molecule has 0 saturated heterocycles. The summed E-state index contributed by atoms with van der Waals surface area (Å²) >= 11 is 4.77. The number of rotatable bonds is 5. The molecule has 4 nitrogen and oxygen atoms in total. The van der Waals surface area contributed by atoms with Crippen LogP contribution in [0.25, 0.3) is 0 Å². The summed E-state index contributed by atoms with van der Waals surface area (Å²) in [4.78, 5) is 13.3. The van der Waals surface area contributed by atoms with E-state index in [0.29, 0.717) is 16.3 Å². The van der Waals surface area contributed by atoms with Gasteiger partial charge in [-0.3, -0.25) is 4.79 Å². The molecular formula is C16H15BrN2O2S. The maximum Gasteiger partial charge on any atom is 0.265 e. The van der Waals surface area contributed by atoms with E-state index in [0.717, 1.165) is 15.8 Å². The van der Waals surface area contributed by atoms with Crippen molar-refractivity contribution in [1.82, 2.24) is 0 Å². The van der Waals surface area contributed by atoms with Gasteiger partial charge in [0.2, 0.25) is 0 Å². The first-order valence-corrected chi connectivity index (χ1v) is 8.40. The quantitative estimate of drug-likeness (QED) is 0.840. The van der Waals surface area contributed by atoms with E-state index in [9.17, 15) is 4.79 Å². The van der Waals surface area contributed by atoms with E-state index in [4.69, 9.17) is 10.00 Å². The molecule has 0 saturated carbocycles. The first kappa shape index (κ1) is 16.5. The largest absolute Gasteiger partial charge is 0.481 e. The molecule has 1 N–H and O–H groups in total. The van der Waals surface area contributed by atoms with Crippen molar-refractivity contribution >= 4 is 38.2 Å². The minimum absolute atomic E-state index is 0.274. The van der Waals surface area contributed by atoms with Gasteiger partial charge in [0.15, 0.2) is 6.10 Å². The standard InChI is InChI=1S/C16H15BrN2O2S/c1-3-14-8-11(9-18)16(22-14)19-15(20)10(2)21-13-6-4-12(17)5-7-13/h4-8,10H,3H2,1-2H3,(H,19,20). The van der Waals surface area contributed by atoms with Gasteiger partial charge in [-0.15, -0.1) is 11.3 Å². The molecule has 0 fully saturated rings. The fourth-order valence-corrected chi connectivity index (χ4v) is 2.99. The summed E-state index contributed by atoms with van der Waals surface area (Å²) in [5, 5.41) is 12.5. The lowest BCUT2D eigenvalue weighted by molar-refractivity contribution is -0.122. The smallest absolute Gasteiger partial charge is 0.265 e. The lowest BCUT2D eigenvalue weighted by Crippen LogP contribution is -2.30. The van der Waals surface area contributed by atoms with E-state index in [1.807, 2.05) is 19.1 Å². The summed E-state index contributed by atoms with van der Waals surface area (Å²) < 4.78 is 6.54. The number of carbonyl (C=O) groups excluding carboxylic acids is 1. The van der Waals surface area contributed by atoms with Gasteiger partial charge in [-0.25, -0.2) is 0 Å². The first-order chi connectivity index (χ1) is 10.5. The van der Waals surface area contributed by atoms with Crippen molar-refractivity contribution < 1.29 is 9.53 Å². The third-order valence-electron chi connectivity index (χ3n) is 2.98. The number of thiophene rings is 1. The molecule has 0 spiro atoms. The Bertz CT molecular complexity index is 704. The lowest BCUT2D eigenvalue weighted by atomic mass is 10.3. The normalized spacial score (nSPS) is 11.5. The third-order valence-corrected chi connectivity index (χ3v) is 4.71. The van der Waals surface area contributed by atoms with Gasteiger partial charge >= 0.3 is 0 Å². The minimum Gasteiger partial charge on any atom is -0.481 e. The van der Waals surface area contributed by atoms with Crippen molar-refractivity contribution in [3.8, 4) is 11.8 Å². The molecule has 1 aromatic carbocycles.